The van der Waals surface area contributed by atoms with Crippen molar-refractivity contribution in [2.24, 2.45) is 5.14 Å². The first kappa shape index (κ1) is 12.8. The number of aliphatic hydroxyl groups excluding tert-OH is 2. The lowest BCUT2D eigenvalue weighted by Gasteiger charge is -2.19. The average Bonchev–Trinajstić information content (AvgIpc) is 1.81. The van der Waals surface area contributed by atoms with Gasteiger partial charge in [-0.15, -0.1) is 0 Å². The van der Waals surface area contributed by atoms with E-state index in [1.54, 1.807) is 0 Å². The number of nitrogens with two attached hydrogens (primary N) is 1. The summed E-state index contributed by atoms with van der Waals surface area (Å²) in [5.41, 5.74) is 0. The highest BCUT2D eigenvalue weighted by molar-refractivity contribution is 7.84. The standard InChI is InChI=1S/C5H14N2O5S/c1-5(9)4-7(2-3-8)12-13(6,10)11/h5,8-9H,2-4H2,1H3,(H2,6,10,11). The van der Waals surface area contributed by atoms with Crippen molar-refractivity contribution in [3.63, 3.8) is 0 Å². The smallest absolute Gasteiger partial charge is 0.349 e. The molecule has 1 atom stereocenters. The van der Waals surface area contributed by atoms with Crippen LogP contribution >= 0.6 is 0 Å². The minimum Gasteiger partial charge on any atom is -0.395 e. The zero-order chi connectivity index (χ0) is 10.5. The molecule has 0 aliphatic heterocycles. The Morgan fingerprint density at radius 2 is 2.15 bits per heavy atom. The Labute approximate surface area is 76.9 Å². The highest BCUT2D eigenvalue weighted by atomic mass is 32.2. The van der Waals surface area contributed by atoms with Crippen LogP contribution in [-0.2, 0) is 14.6 Å². The molecule has 80 valence electrons. The van der Waals surface area contributed by atoms with Gasteiger partial charge in [-0.1, -0.05) is 0 Å². The Hall–Kier alpha value is -0.250. The lowest BCUT2D eigenvalue weighted by Crippen LogP contribution is -2.37. The molecule has 0 heterocycles. The van der Waals surface area contributed by atoms with Gasteiger partial charge in [-0.25, -0.2) is 5.14 Å². The van der Waals surface area contributed by atoms with Gasteiger partial charge in [0.25, 0.3) is 0 Å². The van der Waals surface area contributed by atoms with Gasteiger partial charge in [0.1, 0.15) is 0 Å². The third kappa shape index (κ3) is 8.09. The van der Waals surface area contributed by atoms with Crippen LogP contribution in [0.5, 0.6) is 0 Å². The quantitative estimate of drug-likeness (QED) is 0.432. The fourth-order valence-corrected chi connectivity index (χ4v) is 1.14. The van der Waals surface area contributed by atoms with Crippen molar-refractivity contribution < 1.29 is 22.9 Å². The van der Waals surface area contributed by atoms with E-state index in [0.717, 1.165) is 5.06 Å². The molecule has 0 spiro atoms. The SMILES string of the molecule is CC(O)CN(CCO)OS(N)(=O)=O. The predicted molar refractivity (Wildman–Crippen MR) is 44.5 cm³/mol. The van der Waals surface area contributed by atoms with Crippen molar-refractivity contribution in [2.45, 2.75) is 13.0 Å². The van der Waals surface area contributed by atoms with Gasteiger partial charge in [0.2, 0.25) is 0 Å². The lowest BCUT2D eigenvalue weighted by molar-refractivity contribution is -0.0829. The van der Waals surface area contributed by atoms with Gasteiger partial charge in [-0.3, -0.25) is 0 Å². The largest absolute Gasteiger partial charge is 0.395 e. The zero-order valence-corrected chi connectivity index (χ0v) is 8.07. The van der Waals surface area contributed by atoms with Crippen molar-refractivity contribution in [2.75, 3.05) is 19.7 Å². The van der Waals surface area contributed by atoms with Crippen molar-refractivity contribution in [1.29, 1.82) is 0 Å². The summed E-state index contributed by atoms with van der Waals surface area (Å²) in [5.74, 6) is 0. The third-order valence-corrected chi connectivity index (χ3v) is 1.45. The van der Waals surface area contributed by atoms with Crippen molar-refractivity contribution >= 4 is 10.3 Å². The minimum atomic E-state index is -4.09. The summed E-state index contributed by atoms with van der Waals surface area (Å²) in [6.07, 6.45) is -0.770. The molecule has 1 unspecified atom stereocenters. The van der Waals surface area contributed by atoms with Crippen LogP contribution in [0.3, 0.4) is 0 Å². The van der Waals surface area contributed by atoms with E-state index in [9.17, 15) is 8.42 Å². The van der Waals surface area contributed by atoms with Gasteiger partial charge in [-0.2, -0.15) is 17.8 Å². The van der Waals surface area contributed by atoms with E-state index in [-0.39, 0.29) is 19.7 Å². The second-order valence-electron chi connectivity index (χ2n) is 2.53. The van der Waals surface area contributed by atoms with E-state index < -0.39 is 16.4 Å². The normalized spacial score (nSPS) is 14.8. The molecule has 8 heteroatoms. The highest BCUT2D eigenvalue weighted by Gasteiger charge is 2.14. The Balaban J connectivity index is 4.10. The summed E-state index contributed by atoms with van der Waals surface area (Å²) in [7, 11) is -4.09. The molecule has 0 fully saturated rings. The second-order valence-corrected chi connectivity index (χ2v) is 3.66. The zero-order valence-electron chi connectivity index (χ0n) is 7.25. The molecular weight excluding hydrogens is 200 g/mol. The molecule has 0 amide bonds. The number of rotatable bonds is 6. The van der Waals surface area contributed by atoms with Gasteiger partial charge in [0, 0.05) is 6.54 Å². The number of hydroxylamine groups is 2. The maximum Gasteiger partial charge on any atom is 0.349 e. The molecule has 7 nitrogen and oxygen atoms in total. The van der Waals surface area contributed by atoms with Crippen LogP contribution in [0, 0.1) is 0 Å². The predicted octanol–water partition coefficient (Wildman–Crippen LogP) is -2.20. The van der Waals surface area contributed by atoms with E-state index in [1.807, 2.05) is 0 Å². The molecule has 0 aliphatic rings. The summed E-state index contributed by atoms with van der Waals surface area (Å²) in [6, 6.07) is 0. The van der Waals surface area contributed by atoms with Gasteiger partial charge in [0.15, 0.2) is 0 Å². The monoisotopic (exact) mass is 214 g/mol. The van der Waals surface area contributed by atoms with Crippen LogP contribution in [-0.4, -0.2) is 49.5 Å². The highest BCUT2D eigenvalue weighted by Crippen LogP contribution is 1.96. The van der Waals surface area contributed by atoms with Crippen molar-refractivity contribution in [3.8, 4) is 0 Å². The van der Waals surface area contributed by atoms with Crippen LogP contribution in [0.1, 0.15) is 6.92 Å². The Bertz CT molecular complexity index is 227. The van der Waals surface area contributed by atoms with Crippen molar-refractivity contribution in [1.82, 2.24) is 5.06 Å². The maximum atomic E-state index is 10.4. The molecule has 0 aromatic heterocycles. The summed E-state index contributed by atoms with van der Waals surface area (Å²) in [6.45, 7) is 1.08. The summed E-state index contributed by atoms with van der Waals surface area (Å²) < 4.78 is 25.1. The summed E-state index contributed by atoms with van der Waals surface area (Å²) in [4.78, 5) is 0. The molecular formula is C5H14N2O5S. The number of nitrogens with zero attached hydrogens (tertiary/aromatic N) is 1. The van der Waals surface area contributed by atoms with E-state index in [1.165, 1.54) is 6.92 Å². The van der Waals surface area contributed by atoms with Gasteiger partial charge >= 0.3 is 10.3 Å². The summed E-state index contributed by atoms with van der Waals surface area (Å²) in [5, 5.41) is 22.9. The van der Waals surface area contributed by atoms with E-state index in [2.05, 4.69) is 9.42 Å². The van der Waals surface area contributed by atoms with Crippen LogP contribution in [0.4, 0.5) is 0 Å². The second kappa shape index (κ2) is 5.47. The van der Waals surface area contributed by atoms with E-state index in [0.29, 0.717) is 0 Å². The third-order valence-electron chi connectivity index (χ3n) is 1.03. The molecule has 0 radical (unpaired) electrons. The van der Waals surface area contributed by atoms with Gasteiger partial charge < -0.3 is 10.2 Å². The van der Waals surface area contributed by atoms with E-state index in [4.69, 9.17) is 10.2 Å². The van der Waals surface area contributed by atoms with Crippen LogP contribution in [0.2, 0.25) is 0 Å². The Kier molecular flexibility index (Phi) is 5.37. The first-order valence-electron chi connectivity index (χ1n) is 3.61. The minimum absolute atomic E-state index is 0.0403. The Morgan fingerprint density at radius 1 is 1.62 bits per heavy atom. The fourth-order valence-electron chi connectivity index (χ4n) is 0.712. The molecule has 13 heavy (non-hydrogen) atoms. The van der Waals surface area contributed by atoms with Crippen LogP contribution in [0.15, 0.2) is 0 Å². The molecule has 0 saturated heterocycles. The average molecular weight is 214 g/mol. The maximum absolute atomic E-state index is 10.4. The van der Waals surface area contributed by atoms with Crippen molar-refractivity contribution in [3.05, 3.63) is 0 Å². The molecule has 0 saturated carbocycles. The van der Waals surface area contributed by atoms with Crippen LogP contribution in [0.25, 0.3) is 0 Å². The topological polar surface area (TPSA) is 113 Å². The number of aliphatic hydroxyl groups is 2. The van der Waals surface area contributed by atoms with Crippen LogP contribution < -0.4 is 5.14 Å². The fraction of sp³-hybridized carbons (Fsp3) is 1.00. The Morgan fingerprint density at radius 3 is 2.46 bits per heavy atom. The van der Waals surface area contributed by atoms with Gasteiger partial charge in [0.05, 0.1) is 19.3 Å². The molecule has 0 rings (SSSR count). The molecule has 0 aliphatic carbocycles. The number of hydrogen-bond donors (Lipinski definition) is 3. The first-order chi connectivity index (χ1) is 5.85. The van der Waals surface area contributed by atoms with E-state index >= 15 is 0 Å². The molecule has 0 aromatic carbocycles. The number of hydrogen-bond acceptors (Lipinski definition) is 6. The molecule has 0 bridgehead atoms. The lowest BCUT2D eigenvalue weighted by atomic mass is 10.4. The summed E-state index contributed by atoms with van der Waals surface area (Å²) >= 11 is 0. The first-order valence-corrected chi connectivity index (χ1v) is 5.08. The molecule has 4 N–H and O–H groups in total. The molecule has 0 aromatic rings. The van der Waals surface area contributed by atoms with Gasteiger partial charge in [-0.05, 0) is 6.92 Å².